The van der Waals surface area contributed by atoms with Crippen LogP contribution in [0.15, 0.2) is 48.5 Å². The highest BCUT2D eigenvalue weighted by Crippen LogP contribution is 2.33. The lowest BCUT2D eigenvalue weighted by Crippen LogP contribution is -2.31. The van der Waals surface area contributed by atoms with Gasteiger partial charge in [0.1, 0.15) is 11.5 Å². The van der Waals surface area contributed by atoms with Gasteiger partial charge in [-0.05, 0) is 55.3 Å². The van der Waals surface area contributed by atoms with Crippen LogP contribution >= 0.6 is 0 Å². The fourth-order valence-electron chi connectivity index (χ4n) is 3.26. The monoisotopic (exact) mass is 353 g/mol. The molecule has 0 saturated carbocycles. The number of rotatable bonds is 6. The number of nitrogens with zero attached hydrogens (tertiary/aromatic N) is 1. The molecule has 0 aliphatic carbocycles. The summed E-state index contributed by atoms with van der Waals surface area (Å²) in [5.41, 5.74) is 1.60. The SMILES string of the molecule is CCOc1ccc(N2C(=O)[C@@H](Cc3ccc(OC)cc3)[C@@H](C)C2=O)cc1. The van der Waals surface area contributed by atoms with Gasteiger partial charge in [-0.25, -0.2) is 0 Å². The lowest BCUT2D eigenvalue weighted by Gasteiger charge is -2.15. The first-order valence-corrected chi connectivity index (χ1v) is 8.78. The van der Waals surface area contributed by atoms with Crippen molar-refractivity contribution in [3.8, 4) is 11.5 Å². The molecule has 1 fully saturated rings. The van der Waals surface area contributed by atoms with Crippen molar-refractivity contribution in [3.63, 3.8) is 0 Å². The fourth-order valence-corrected chi connectivity index (χ4v) is 3.26. The van der Waals surface area contributed by atoms with Crippen molar-refractivity contribution < 1.29 is 19.1 Å². The Morgan fingerprint density at radius 3 is 2.12 bits per heavy atom. The van der Waals surface area contributed by atoms with E-state index < -0.39 is 0 Å². The summed E-state index contributed by atoms with van der Waals surface area (Å²) in [4.78, 5) is 26.9. The molecule has 1 aliphatic heterocycles. The molecule has 1 aliphatic rings. The molecule has 2 aromatic rings. The van der Waals surface area contributed by atoms with Crippen LogP contribution in [0.4, 0.5) is 5.69 Å². The Morgan fingerprint density at radius 1 is 0.923 bits per heavy atom. The molecular formula is C21H23NO4. The minimum absolute atomic E-state index is 0.150. The lowest BCUT2D eigenvalue weighted by molar-refractivity contribution is -0.122. The van der Waals surface area contributed by atoms with Crippen molar-refractivity contribution in [2.45, 2.75) is 20.3 Å². The van der Waals surface area contributed by atoms with Crippen LogP contribution < -0.4 is 14.4 Å². The van der Waals surface area contributed by atoms with Crippen LogP contribution in [-0.2, 0) is 16.0 Å². The van der Waals surface area contributed by atoms with E-state index in [9.17, 15) is 9.59 Å². The van der Waals surface area contributed by atoms with Crippen LogP contribution in [0.2, 0.25) is 0 Å². The number of hydrogen-bond acceptors (Lipinski definition) is 4. The van der Waals surface area contributed by atoms with E-state index in [1.807, 2.05) is 38.1 Å². The second-order valence-electron chi connectivity index (χ2n) is 6.39. The summed E-state index contributed by atoms with van der Waals surface area (Å²) in [5, 5.41) is 0. The Labute approximate surface area is 153 Å². The first-order chi connectivity index (χ1) is 12.5. The van der Waals surface area contributed by atoms with E-state index in [2.05, 4.69) is 0 Å². The standard InChI is InChI=1S/C21H23NO4/c1-4-26-18-11-7-16(8-12-18)22-20(23)14(2)19(21(22)24)13-15-5-9-17(25-3)10-6-15/h5-12,14,19H,4,13H2,1-3H3/t14-,19+/m1/s1. The van der Waals surface area contributed by atoms with Crippen molar-refractivity contribution in [1.29, 1.82) is 0 Å². The van der Waals surface area contributed by atoms with Crippen LogP contribution in [0.25, 0.3) is 0 Å². The molecular weight excluding hydrogens is 330 g/mol. The maximum absolute atomic E-state index is 12.9. The summed E-state index contributed by atoms with van der Waals surface area (Å²) in [5.74, 6) is 0.476. The predicted molar refractivity (Wildman–Crippen MR) is 99.5 cm³/mol. The number of anilines is 1. The molecule has 0 spiro atoms. The molecule has 0 radical (unpaired) electrons. The van der Waals surface area contributed by atoms with Gasteiger partial charge in [-0.2, -0.15) is 0 Å². The van der Waals surface area contributed by atoms with Crippen LogP contribution in [0, 0.1) is 11.8 Å². The Bertz CT molecular complexity index is 783. The third kappa shape index (κ3) is 3.43. The normalized spacial score (nSPS) is 19.7. The van der Waals surface area contributed by atoms with Crippen molar-refractivity contribution in [3.05, 3.63) is 54.1 Å². The second kappa shape index (κ2) is 7.60. The van der Waals surface area contributed by atoms with Gasteiger partial charge in [-0.15, -0.1) is 0 Å². The highest BCUT2D eigenvalue weighted by Gasteiger charge is 2.45. The number of amides is 2. The first kappa shape index (κ1) is 18.0. The largest absolute Gasteiger partial charge is 0.497 e. The molecule has 26 heavy (non-hydrogen) atoms. The van der Waals surface area contributed by atoms with Crippen molar-refractivity contribution in [2.75, 3.05) is 18.6 Å². The average molecular weight is 353 g/mol. The van der Waals surface area contributed by atoms with Gasteiger partial charge in [0.15, 0.2) is 0 Å². The molecule has 2 aromatic carbocycles. The Hall–Kier alpha value is -2.82. The van der Waals surface area contributed by atoms with Gasteiger partial charge in [0.2, 0.25) is 11.8 Å². The minimum Gasteiger partial charge on any atom is -0.497 e. The molecule has 1 saturated heterocycles. The van der Waals surface area contributed by atoms with E-state index in [4.69, 9.17) is 9.47 Å². The van der Waals surface area contributed by atoms with E-state index in [1.165, 1.54) is 4.90 Å². The maximum atomic E-state index is 12.9. The molecule has 2 atom stereocenters. The molecule has 136 valence electrons. The summed E-state index contributed by atoms with van der Waals surface area (Å²) < 4.78 is 10.6. The molecule has 0 N–H and O–H groups in total. The third-order valence-corrected chi connectivity index (χ3v) is 4.77. The molecule has 0 unspecified atom stereocenters. The summed E-state index contributed by atoms with van der Waals surface area (Å²) in [7, 11) is 1.62. The van der Waals surface area contributed by atoms with E-state index in [1.54, 1.807) is 31.4 Å². The lowest BCUT2D eigenvalue weighted by atomic mass is 9.90. The van der Waals surface area contributed by atoms with Crippen LogP contribution in [0.3, 0.4) is 0 Å². The Morgan fingerprint density at radius 2 is 1.54 bits per heavy atom. The van der Waals surface area contributed by atoms with E-state index >= 15 is 0 Å². The second-order valence-corrected chi connectivity index (χ2v) is 6.39. The molecule has 0 bridgehead atoms. The smallest absolute Gasteiger partial charge is 0.238 e. The maximum Gasteiger partial charge on any atom is 0.238 e. The number of hydrogen-bond donors (Lipinski definition) is 0. The highest BCUT2D eigenvalue weighted by atomic mass is 16.5. The molecule has 1 heterocycles. The van der Waals surface area contributed by atoms with Gasteiger partial charge in [-0.3, -0.25) is 14.5 Å². The van der Waals surface area contributed by atoms with Gasteiger partial charge in [0.05, 0.1) is 25.3 Å². The van der Waals surface area contributed by atoms with Gasteiger partial charge in [-0.1, -0.05) is 19.1 Å². The average Bonchev–Trinajstić information content (AvgIpc) is 2.87. The predicted octanol–water partition coefficient (Wildman–Crippen LogP) is 3.46. The first-order valence-electron chi connectivity index (χ1n) is 8.78. The number of carbonyl (C=O) groups excluding carboxylic acids is 2. The zero-order valence-electron chi connectivity index (χ0n) is 15.3. The molecule has 3 rings (SSSR count). The van der Waals surface area contributed by atoms with E-state index in [0.717, 1.165) is 17.1 Å². The minimum atomic E-state index is -0.359. The van der Waals surface area contributed by atoms with Gasteiger partial charge >= 0.3 is 0 Å². The Balaban J connectivity index is 1.79. The van der Waals surface area contributed by atoms with Crippen molar-refractivity contribution in [1.82, 2.24) is 0 Å². The third-order valence-electron chi connectivity index (χ3n) is 4.77. The van der Waals surface area contributed by atoms with Gasteiger partial charge in [0, 0.05) is 5.92 Å². The van der Waals surface area contributed by atoms with Crippen LogP contribution in [0.5, 0.6) is 11.5 Å². The van der Waals surface area contributed by atoms with Crippen molar-refractivity contribution in [2.24, 2.45) is 11.8 Å². The zero-order chi connectivity index (χ0) is 18.7. The van der Waals surface area contributed by atoms with Gasteiger partial charge in [0.25, 0.3) is 0 Å². The Kier molecular flexibility index (Phi) is 5.26. The molecule has 0 aromatic heterocycles. The van der Waals surface area contributed by atoms with Crippen LogP contribution in [-0.4, -0.2) is 25.5 Å². The number of benzene rings is 2. The van der Waals surface area contributed by atoms with E-state index in [-0.39, 0.29) is 23.7 Å². The summed E-state index contributed by atoms with van der Waals surface area (Å²) in [6.45, 7) is 4.30. The molecule has 5 nitrogen and oxygen atoms in total. The van der Waals surface area contributed by atoms with Gasteiger partial charge < -0.3 is 9.47 Å². The van der Waals surface area contributed by atoms with Crippen molar-refractivity contribution >= 4 is 17.5 Å². The van der Waals surface area contributed by atoms with Crippen LogP contribution in [0.1, 0.15) is 19.4 Å². The number of methoxy groups -OCH3 is 1. The summed E-state index contributed by atoms with van der Waals surface area (Å²) >= 11 is 0. The molecule has 2 amide bonds. The number of ether oxygens (including phenoxy) is 2. The summed E-state index contributed by atoms with van der Waals surface area (Å²) in [6, 6.07) is 14.7. The zero-order valence-corrected chi connectivity index (χ0v) is 15.3. The highest BCUT2D eigenvalue weighted by molar-refractivity contribution is 6.22. The quantitative estimate of drug-likeness (QED) is 0.746. The molecule has 5 heteroatoms. The van der Waals surface area contributed by atoms with E-state index in [0.29, 0.717) is 18.7 Å². The number of carbonyl (C=O) groups is 2. The fraction of sp³-hybridized carbons (Fsp3) is 0.333. The topological polar surface area (TPSA) is 55.8 Å². The summed E-state index contributed by atoms with van der Waals surface area (Å²) in [6.07, 6.45) is 0.531. The number of imide groups is 1.